The third-order valence-corrected chi connectivity index (χ3v) is 0.645. The van der Waals surface area contributed by atoms with E-state index in [0.717, 1.165) is 0 Å². The molecule has 0 aromatic rings. The summed E-state index contributed by atoms with van der Waals surface area (Å²) in [5, 5.41) is 8.13. The molecular weight excluding hydrogens is 173 g/mol. The summed E-state index contributed by atoms with van der Waals surface area (Å²) < 4.78 is 0. The predicted octanol–water partition coefficient (Wildman–Crippen LogP) is 1.55. The van der Waals surface area contributed by atoms with Gasteiger partial charge in [-0.05, 0) is 27.6 Å². The minimum absolute atomic E-state index is 0. The van der Waals surface area contributed by atoms with Crippen LogP contribution in [0.5, 0.6) is 0 Å². The van der Waals surface area contributed by atoms with Crippen molar-refractivity contribution >= 4 is 24.0 Å². The van der Waals surface area contributed by atoms with Crippen molar-refractivity contribution < 1.29 is 5.11 Å². The number of alkyl halides is 1. The Kier molecular flexibility index (Phi) is 20.6. The summed E-state index contributed by atoms with van der Waals surface area (Å²) in [6, 6.07) is 0. The Morgan fingerprint density at radius 2 is 1.50 bits per heavy atom. The van der Waals surface area contributed by atoms with Crippen molar-refractivity contribution in [3.8, 4) is 0 Å². The van der Waals surface area contributed by atoms with Gasteiger partial charge in [-0.2, -0.15) is 0 Å². The average Bonchev–Trinajstić information content (AvgIpc) is 1.65. The lowest BCUT2D eigenvalue weighted by molar-refractivity contribution is 0.252. The van der Waals surface area contributed by atoms with Crippen LogP contribution in [0.15, 0.2) is 0 Å². The van der Waals surface area contributed by atoms with Crippen molar-refractivity contribution in [3.63, 3.8) is 0 Å². The number of hydrogen-bond donors (Lipinski definition) is 1. The van der Waals surface area contributed by atoms with E-state index < -0.39 is 5.56 Å². The van der Waals surface area contributed by atoms with Gasteiger partial charge >= 0.3 is 0 Å². The lowest BCUT2D eigenvalue weighted by Gasteiger charge is -1.90. The van der Waals surface area contributed by atoms with Crippen LogP contribution < -0.4 is 0 Å². The van der Waals surface area contributed by atoms with Gasteiger partial charge in [0, 0.05) is 0 Å². The first kappa shape index (κ1) is 16.8. The summed E-state index contributed by atoms with van der Waals surface area (Å²) in [7, 11) is 6.00. The standard InChI is InChI=1S/C3H7ClO.C3H9N.ClH/c1-2-3(4)5;1-4(2)3;/h3,5H,2H2,1H3;1-3H3;1H. The second-order valence-electron chi connectivity index (χ2n) is 2.18. The fraction of sp³-hybridized carbons (Fsp3) is 1.00. The lowest BCUT2D eigenvalue weighted by atomic mass is 10.5. The largest absolute Gasteiger partial charge is 0.378 e. The molecule has 66 valence electrons. The maximum absolute atomic E-state index is 8.13. The molecule has 0 aliphatic rings. The molecule has 1 atom stereocenters. The molecule has 0 bridgehead atoms. The van der Waals surface area contributed by atoms with E-state index in [0.29, 0.717) is 6.42 Å². The van der Waals surface area contributed by atoms with Crippen molar-refractivity contribution in [2.45, 2.75) is 18.9 Å². The van der Waals surface area contributed by atoms with Gasteiger partial charge in [0.25, 0.3) is 0 Å². The summed E-state index contributed by atoms with van der Waals surface area (Å²) in [5.41, 5.74) is -0.644. The Hall–Kier alpha value is 0.500. The van der Waals surface area contributed by atoms with Gasteiger partial charge in [0.15, 0.2) is 0 Å². The van der Waals surface area contributed by atoms with Crippen LogP contribution in [0.4, 0.5) is 0 Å². The van der Waals surface area contributed by atoms with Crippen LogP contribution in [0.25, 0.3) is 0 Å². The Balaban J connectivity index is -0.0000000910. The summed E-state index contributed by atoms with van der Waals surface area (Å²) in [5.74, 6) is 0. The van der Waals surface area contributed by atoms with E-state index in [1.165, 1.54) is 0 Å². The zero-order valence-corrected chi connectivity index (χ0v) is 8.54. The van der Waals surface area contributed by atoms with Gasteiger partial charge in [-0.1, -0.05) is 18.5 Å². The van der Waals surface area contributed by atoms with Gasteiger partial charge in [-0.15, -0.1) is 12.4 Å². The first-order chi connectivity index (χ1) is 4.00. The molecule has 1 unspecified atom stereocenters. The maximum atomic E-state index is 8.13. The fourth-order valence-electron chi connectivity index (χ4n) is 0. The summed E-state index contributed by atoms with van der Waals surface area (Å²) in [4.78, 5) is 2.00. The molecule has 0 aromatic carbocycles. The van der Waals surface area contributed by atoms with Crippen molar-refractivity contribution in [1.82, 2.24) is 4.90 Å². The second-order valence-corrected chi connectivity index (χ2v) is 2.69. The molecule has 0 saturated heterocycles. The van der Waals surface area contributed by atoms with Gasteiger partial charge in [-0.25, -0.2) is 0 Å². The zero-order valence-electron chi connectivity index (χ0n) is 6.97. The molecule has 0 amide bonds. The molecule has 0 heterocycles. The number of hydrogen-bond acceptors (Lipinski definition) is 2. The van der Waals surface area contributed by atoms with Gasteiger partial charge in [0.05, 0.1) is 0 Å². The van der Waals surface area contributed by atoms with Gasteiger partial charge in [-0.3, -0.25) is 0 Å². The number of rotatable bonds is 1. The quantitative estimate of drug-likeness (QED) is 0.634. The molecule has 0 fully saturated rings. The van der Waals surface area contributed by atoms with E-state index in [9.17, 15) is 0 Å². The van der Waals surface area contributed by atoms with E-state index in [1.807, 2.05) is 33.0 Å². The zero-order chi connectivity index (χ0) is 7.86. The molecule has 0 aromatic heterocycles. The third-order valence-electron chi connectivity index (χ3n) is 0.337. The fourth-order valence-corrected chi connectivity index (χ4v) is 0. The predicted molar refractivity (Wildman–Crippen MR) is 49.0 cm³/mol. The molecule has 0 spiro atoms. The molecule has 1 N–H and O–H groups in total. The Morgan fingerprint density at radius 1 is 1.40 bits per heavy atom. The van der Waals surface area contributed by atoms with E-state index in [2.05, 4.69) is 0 Å². The van der Waals surface area contributed by atoms with Crippen molar-refractivity contribution in [2.75, 3.05) is 21.1 Å². The van der Waals surface area contributed by atoms with E-state index in [1.54, 1.807) is 0 Å². The van der Waals surface area contributed by atoms with Crippen LogP contribution in [0, 0.1) is 0 Å². The van der Waals surface area contributed by atoms with Crippen molar-refractivity contribution in [2.24, 2.45) is 0 Å². The summed E-state index contributed by atoms with van der Waals surface area (Å²) in [6.45, 7) is 1.82. The third kappa shape index (κ3) is 76.5. The van der Waals surface area contributed by atoms with Crippen molar-refractivity contribution in [1.29, 1.82) is 0 Å². The minimum atomic E-state index is -0.644. The number of aliphatic hydroxyl groups excluding tert-OH is 1. The summed E-state index contributed by atoms with van der Waals surface area (Å²) in [6.07, 6.45) is 0.627. The van der Waals surface area contributed by atoms with Gasteiger partial charge in [0.1, 0.15) is 5.56 Å². The number of halogens is 2. The first-order valence-electron chi connectivity index (χ1n) is 2.93. The summed E-state index contributed by atoms with van der Waals surface area (Å²) >= 11 is 5.02. The first-order valence-corrected chi connectivity index (χ1v) is 3.37. The van der Waals surface area contributed by atoms with Crippen molar-refractivity contribution in [3.05, 3.63) is 0 Å². The second kappa shape index (κ2) is 12.2. The van der Waals surface area contributed by atoms with Crippen LogP contribution in [0.3, 0.4) is 0 Å². The minimum Gasteiger partial charge on any atom is -0.378 e. The topological polar surface area (TPSA) is 23.5 Å². The van der Waals surface area contributed by atoms with Gasteiger partial charge < -0.3 is 10.0 Å². The molecule has 0 aliphatic carbocycles. The average molecular weight is 190 g/mol. The molecule has 0 aliphatic heterocycles. The van der Waals surface area contributed by atoms with Crippen LogP contribution >= 0.6 is 24.0 Å². The SMILES string of the molecule is CCC(O)Cl.CN(C)C.Cl. The van der Waals surface area contributed by atoms with E-state index >= 15 is 0 Å². The van der Waals surface area contributed by atoms with Gasteiger partial charge in [0.2, 0.25) is 0 Å². The molecular formula is C6H17Cl2NO. The number of nitrogens with zero attached hydrogens (tertiary/aromatic N) is 1. The Labute approximate surface area is 74.6 Å². The molecule has 0 rings (SSSR count). The van der Waals surface area contributed by atoms with Crippen LogP contribution in [-0.4, -0.2) is 36.7 Å². The van der Waals surface area contributed by atoms with Crippen LogP contribution in [0.1, 0.15) is 13.3 Å². The highest BCUT2D eigenvalue weighted by molar-refractivity contribution is 6.19. The maximum Gasteiger partial charge on any atom is 0.127 e. The Bertz CT molecular complexity index is 48.3. The normalized spacial score (nSPS) is 11.1. The van der Waals surface area contributed by atoms with Crippen LogP contribution in [0.2, 0.25) is 0 Å². The van der Waals surface area contributed by atoms with E-state index in [4.69, 9.17) is 16.7 Å². The molecule has 2 nitrogen and oxygen atoms in total. The lowest BCUT2D eigenvalue weighted by Crippen LogP contribution is -1.99. The molecule has 0 saturated carbocycles. The van der Waals surface area contributed by atoms with Crippen LogP contribution in [-0.2, 0) is 0 Å². The molecule has 10 heavy (non-hydrogen) atoms. The molecule has 0 radical (unpaired) electrons. The highest BCUT2D eigenvalue weighted by Crippen LogP contribution is 1.91. The smallest absolute Gasteiger partial charge is 0.127 e. The van der Waals surface area contributed by atoms with E-state index in [-0.39, 0.29) is 12.4 Å². The monoisotopic (exact) mass is 189 g/mol. The molecule has 4 heteroatoms. The highest BCUT2D eigenvalue weighted by Gasteiger charge is 1.85. The highest BCUT2D eigenvalue weighted by atomic mass is 35.5. The number of aliphatic hydroxyl groups is 1. The Morgan fingerprint density at radius 3 is 1.50 bits per heavy atom.